The van der Waals surface area contributed by atoms with Crippen molar-refractivity contribution >= 4 is 0 Å². The van der Waals surface area contributed by atoms with Crippen LogP contribution >= 0.6 is 0 Å². The second kappa shape index (κ2) is 3.41. The van der Waals surface area contributed by atoms with Crippen LogP contribution in [0.5, 0.6) is 0 Å². The van der Waals surface area contributed by atoms with Crippen molar-refractivity contribution in [3.8, 4) is 0 Å². The van der Waals surface area contributed by atoms with Gasteiger partial charge in [-0.2, -0.15) is 0 Å². The van der Waals surface area contributed by atoms with Crippen molar-refractivity contribution in [3.05, 3.63) is 0 Å². The Balaban J connectivity index is 2.28. The lowest BCUT2D eigenvalue weighted by atomic mass is 9.93. The van der Waals surface area contributed by atoms with Crippen molar-refractivity contribution in [2.75, 3.05) is 0 Å². The molecule has 0 radical (unpaired) electrons. The third-order valence-corrected chi connectivity index (χ3v) is 3.10. The van der Waals surface area contributed by atoms with Gasteiger partial charge in [0.1, 0.15) is 0 Å². The number of rotatable bonds is 2. The van der Waals surface area contributed by atoms with Gasteiger partial charge in [0.05, 0.1) is 0 Å². The standard InChI is InChI=1S/C10H20/c1-4-9-5-6-10(7-9)8(2)3/h8-10H,4-7H2,1-3H3. The maximum absolute atomic E-state index is 2.36. The van der Waals surface area contributed by atoms with Gasteiger partial charge in [0.2, 0.25) is 0 Å². The molecule has 0 heterocycles. The molecule has 1 aliphatic carbocycles. The van der Waals surface area contributed by atoms with Crippen LogP contribution in [0, 0.1) is 17.8 Å². The fourth-order valence-corrected chi connectivity index (χ4v) is 2.09. The van der Waals surface area contributed by atoms with Crippen LogP contribution in [-0.2, 0) is 0 Å². The van der Waals surface area contributed by atoms with E-state index in [4.69, 9.17) is 0 Å². The Morgan fingerprint density at radius 3 is 2.30 bits per heavy atom. The average molecular weight is 140 g/mol. The summed E-state index contributed by atoms with van der Waals surface area (Å²) in [5.41, 5.74) is 0. The smallest absolute Gasteiger partial charge is 0.0388 e. The van der Waals surface area contributed by atoms with Crippen LogP contribution in [0.2, 0.25) is 0 Å². The summed E-state index contributed by atoms with van der Waals surface area (Å²) >= 11 is 0. The van der Waals surface area contributed by atoms with E-state index in [9.17, 15) is 0 Å². The van der Waals surface area contributed by atoms with Gasteiger partial charge in [0, 0.05) is 0 Å². The topological polar surface area (TPSA) is 0 Å². The summed E-state index contributed by atoms with van der Waals surface area (Å²) in [6, 6.07) is 0. The van der Waals surface area contributed by atoms with E-state index in [1.165, 1.54) is 25.7 Å². The predicted octanol–water partition coefficient (Wildman–Crippen LogP) is 3.47. The molecule has 0 aliphatic heterocycles. The maximum Gasteiger partial charge on any atom is -0.0388 e. The molecule has 2 unspecified atom stereocenters. The lowest BCUT2D eigenvalue weighted by Crippen LogP contribution is -2.03. The van der Waals surface area contributed by atoms with Gasteiger partial charge in [-0.3, -0.25) is 0 Å². The van der Waals surface area contributed by atoms with E-state index in [0.717, 1.165) is 17.8 Å². The molecule has 0 spiro atoms. The van der Waals surface area contributed by atoms with Gasteiger partial charge < -0.3 is 0 Å². The molecule has 0 bridgehead atoms. The van der Waals surface area contributed by atoms with Gasteiger partial charge >= 0.3 is 0 Å². The van der Waals surface area contributed by atoms with Crippen LogP contribution in [-0.4, -0.2) is 0 Å². The Bertz CT molecular complexity index is 94.2. The van der Waals surface area contributed by atoms with E-state index in [1.54, 1.807) is 0 Å². The Hall–Kier alpha value is 0. The summed E-state index contributed by atoms with van der Waals surface area (Å²) in [4.78, 5) is 0. The summed E-state index contributed by atoms with van der Waals surface area (Å²) < 4.78 is 0. The molecule has 1 fully saturated rings. The van der Waals surface area contributed by atoms with E-state index < -0.39 is 0 Å². The number of hydrogen-bond acceptors (Lipinski definition) is 0. The Kier molecular flexibility index (Phi) is 2.76. The Morgan fingerprint density at radius 2 is 2.00 bits per heavy atom. The lowest BCUT2D eigenvalue weighted by Gasteiger charge is -2.13. The molecular formula is C10H20. The zero-order chi connectivity index (χ0) is 7.56. The first kappa shape index (κ1) is 8.10. The van der Waals surface area contributed by atoms with Crippen LogP contribution in [0.15, 0.2) is 0 Å². The molecule has 10 heavy (non-hydrogen) atoms. The molecule has 0 heteroatoms. The summed E-state index contributed by atoms with van der Waals surface area (Å²) in [5, 5.41) is 0. The third-order valence-electron chi connectivity index (χ3n) is 3.10. The van der Waals surface area contributed by atoms with Crippen LogP contribution in [0.25, 0.3) is 0 Å². The quantitative estimate of drug-likeness (QED) is 0.551. The molecule has 0 N–H and O–H groups in total. The second-order valence-electron chi connectivity index (χ2n) is 4.09. The molecular weight excluding hydrogens is 120 g/mol. The monoisotopic (exact) mass is 140 g/mol. The molecule has 1 aliphatic rings. The summed E-state index contributed by atoms with van der Waals surface area (Å²) in [7, 11) is 0. The predicted molar refractivity (Wildman–Crippen MR) is 46.0 cm³/mol. The molecule has 0 aromatic heterocycles. The van der Waals surface area contributed by atoms with Crippen LogP contribution in [0.1, 0.15) is 46.5 Å². The Labute approximate surface area is 65.0 Å². The SMILES string of the molecule is CCC1CCC(C(C)C)C1. The van der Waals surface area contributed by atoms with Crippen LogP contribution in [0.4, 0.5) is 0 Å². The van der Waals surface area contributed by atoms with Gasteiger partial charge in [-0.1, -0.05) is 33.6 Å². The molecule has 0 saturated heterocycles. The van der Waals surface area contributed by atoms with Crippen molar-refractivity contribution < 1.29 is 0 Å². The zero-order valence-corrected chi connectivity index (χ0v) is 7.56. The van der Waals surface area contributed by atoms with Crippen molar-refractivity contribution in [1.29, 1.82) is 0 Å². The highest BCUT2D eigenvalue weighted by Crippen LogP contribution is 2.36. The lowest BCUT2D eigenvalue weighted by molar-refractivity contribution is 0.376. The molecule has 1 saturated carbocycles. The van der Waals surface area contributed by atoms with Crippen molar-refractivity contribution in [1.82, 2.24) is 0 Å². The number of hydrogen-bond donors (Lipinski definition) is 0. The molecule has 60 valence electrons. The highest BCUT2D eigenvalue weighted by atomic mass is 14.3. The van der Waals surface area contributed by atoms with E-state index in [0.29, 0.717) is 0 Å². The zero-order valence-electron chi connectivity index (χ0n) is 7.56. The van der Waals surface area contributed by atoms with Gasteiger partial charge in [0.25, 0.3) is 0 Å². The van der Waals surface area contributed by atoms with E-state index in [-0.39, 0.29) is 0 Å². The maximum atomic E-state index is 2.36. The highest BCUT2D eigenvalue weighted by Gasteiger charge is 2.24. The second-order valence-corrected chi connectivity index (χ2v) is 4.09. The average Bonchev–Trinajstić information content (AvgIpc) is 2.34. The fraction of sp³-hybridized carbons (Fsp3) is 1.00. The molecule has 2 atom stereocenters. The molecule has 1 rings (SSSR count). The first-order chi connectivity index (χ1) is 4.74. The summed E-state index contributed by atoms with van der Waals surface area (Å²) in [6.45, 7) is 7.05. The van der Waals surface area contributed by atoms with Crippen molar-refractivity contribution in [2.45, 2.75) is 46.5 Å². The normalized spacial score (nSPS) is 33.6. The van der Waals surface area contributed by atoms with Crippen LogP contribution in [0.3, 0.4) is 0 Å². The minimum absolute atomic E-state index is 0.927. The van der Waals surface area contributed by atoms with E-state index in [2.05, 4.69) is 20.8 Å². The third kappa shape index (κ3) is 1.74. The largest absolute Gasteiger partial charge is 0.0651 e. The first-order valence-electron chi connectivity index (χ1n) is 4.74. The van der Waals surface area contributed by atoms with Gasteiger partial charge in [-0.25, -0.2) is 0 Å². The summed E-state index contributed by atoms with van der Waals surface area (Å²) in [6.07, 6.45) is 5.91. The van der Waals surface area contributed by atoms with Gasteiger partial charge in [0.15, 0.2) is 0 Å². The van der Waals surface area contributed by atoms with Crippen molar-refractivity contribution in [2.24, 2.45) is 17.8 Å². The van der Waals surface area contributed by atoms with E-state index in [1.807, 2.05) is 0 Å². The molecule has 0 aromatic carbocycles. The first-order valence-corrected chi connectivity index (χ1v) is 4.74. The summed E-state index contributed by atoms with van der Waals surface area (Å²) in [5.74, 6) is 3.04. The minimum atomic E-state index is 0.927. The van der Waals surface area contributed by atoms with Gasteiger partial charge in [-0.05, 0) is 30.6 Å². The molecule has 0 nitrogen and oxygen atoms in total. The molecule has 0 aromatic rings. The van der Waals surface area contributed by atoms with E-state index >= 15 is 0 Å². The highest BCUT2D eigenvalue weighted by molar-refractivity contribution is 4.76. The molecule has 0 amide bonds. The van der Waals surface area contributed by atoms with Crippen molar-refractivity contribution in [3.63, 3.8) is 0 Å². The van der Waals surface area contributed by atoms with Gasteiger partial charge in [-0.15, -0.1) is 0 Å². The Morgan fingerprint density at radius 1 is 1.30 bits per heavy atom. The minimum Gasteiger partial charge on any atom is -0.0651 e. The van der Waals surface area contributed by atoms with Crippen LogP contribution < -0.4 is 0 Å². The fourth-order valence-electron chi connectivity index (χ4n) is 2.09.